The minimum Gasteiger partial charge on any atom is -0.308 e. The molecule has 0 radical (unpaired) electrons. The largest absolute Gasteiger partial charge is 0.308 e. The van der Waals surface area contributed by atoms with Gasteiger partial charge in [0.2, 0.25) is 0 Å². The van der Waals surface area contributed by atoms with Crippen molar-refractivity contribution in [2.24, 2.45) is 0 Å². The van der Waals surface area contributed by atoms with Crippen molar-refractivity contribution in [1.82, 2.24) is 15.1 Å². The number of nitrogens with zero attached hydrogens (tertiary/aromatic N) is 2. The van der Waals surface area contributed by atoms with E-state index in [0.717, 1.165) is 12.2 Å². The zero-order valence-corrected chi connectivity index (χ0v) is 10.8. The maximum absolute atomic E-state index is 6.22. The third kappa shape index (κ3) is 2.35. The second-order valence-corrected chi connectivity index (χ2v) is 4.23. The molecule has 4 heteroatoms. The standard InChI is InChI=1S/C13H16ClN3/c1-3-17-13(11(14)9-16-17)12(15-2)10-7-5-4-6-8-10/h4-9,12,15H,3H2,1-2H3. The molecule has 2 rings (SSSR count). The molecule has 3 nitrogen and oxygen atoms in total. The van der Waals surface area contributed by atoms with Gasteiger partial charge in [0.25, 0.3) is 0 Å². The molecular formula is C13H16ClN3. The second-order valence-electron chi connectivity index (χ2n) is 3.83. The van der Waals surface area contributed by atoms with Gasteiger partial charge in [0.05, 0.1) is 23.0 Å². The van der Waals surface area contributed by atoms with Crippen molar-refractivity contribution in [1.29, 1.82) is 0 Å². The lowest BCUT2D eigenvalue weighted by Gasteiger charge is -2.18. The number of halogens is 1. The normalized spacial score (nSPS) is 12.6. The second kappa shape index (κ2) is 5.34. The Morgan fingerprint density at radius 1 is 1.35 bits per heavy atom. The number of nitrogens with one attached hydrogen (secondary N) is 1. The number of hydrogen-bond donors (Lipinski definition) is 1. The average molecular weight is 250 g/mol. The van der Waals surface area contributed by atoms with Crippen molar-refractivity contribution < 1.29 is 0 Å². The van der Waals surface area contributed by atoms with Gasteiger partial charge in [0, 0.05) is 6.54 Å². The predicted octanol–water partition coefficient (Wildman–Crippen LogP) is 2.87. The molecule has 17 heavy (non-hydrogen) atoms. The maximum atomic E-state index is 6.22. The number of rotatable bonds is 4. The van der Waals surface area contributed by atoms with Crippen molar-refractivity contribution in [3.63, 3.8) is 0 Å². The Morgan fingerprint density at radius 2 is 2.06 bits per heavy atom. The Kier molecular flexibility index (Phi) is 3.82. The molecule has 1 unspecified atom stereocenters. The summed E-state index contributed by atoms with van der Waals surface area (Å²) in [4.78, 5) is 0. The predicted molar refractivity (Wildman–Crippen MR) is 70.3 cm³/mol. The summed E-state index contributed by atoms with van der Waals surface area (Å²) in [7, 11) is 1.93. The summed E-state index contributed by atoms with van der Waals surface area (Å²) in [5.74, 6) is 0. The summed E-state index contributed by atoms with van der Waals surface area (Å²) in [5, 5.41) is 8.27. The van der Waals surface area contributed by atoms with E-state index in [0.29, 0.717) is 5.02 Å². The summed E-state index contributed by atoms with van der Waals surface area (Å²) in [6.07, 6.45) is 1.70. The molecular weight excluding hydrogens is 234 g/mol. The lowest BCUT2D eigenvalue weighted by Crippen LogP contribution is -2.21. The van der Waals surface area contributed by atoms with Gasteiger partial charge in [0.1, 0.15) is 0 Å². The molecule has 1 N–H and O–H groups in total. The number of hydrogen-bond acceptors (Lipinski definition) is 2. The summed E-state index contributed by atoms with van der Waals surface area (Å²) >= 11 is 6.22. The summed E-state index contributed by atoms with van der Waals surface area (Å²) in [6, 6.07) is 10.3. The fourth-order valence-electron chi connectivity index (χ4n) is 2.02. The third-order valence-corrected chi connectivity index (χ3v) is 3.12. The van der Waals surface area contributed by atoms with Gasteiger partial charge in [-0.3, -0.25) is 4.68 Å². The highest BCUT2D eigenvalue weighted by Crippen LogP contribution is 2.27. The van der Waals surface area contributed by atoms with E-state index in [4.69, 9.17) is 11.6 Å². The van der Waals surface area contributed by atoms with Gasteiger partial charge in [-0.05, 0) is 19.5 Å². The van der Waals surface area contributed by atoms with Crippen LogP contribution in [-0.4, -0.2) is 16.8 Å². The van der Waals surface area contributed by atoms with Crippen LogP contribution in [0, 0.1) is 0 Å². The van der Waals surface area contributed by atoms with Crippen LogP contribution in [0.5, 0.6) is 0 Å². The zero-order chi connectivity index (χ0) is 12.3. The van der Waals surface area contributed by atoms with Crippen LogP contribution < -0.4 is 5.32 Å². The highest BCUT2D eigenvalue weighted by atomic mass is 35.5. The highest BCUT2D eigenvalue weighted by Gasteiger charge is 2.19. The molecule has 1 atom stereocenters. The van der Waals surface area contributed by atoms with Crippen molar-refractivity contribution in [3.05, 3.63) is 52.8 Å². The Hall–Kier alpha value is -1.32. The van der Waals surface area contributed by atoms with Gasteiger partial charge >= 0.3 is 0 Å². The first-order chi connectivity index (χ1) is 8.27. The molecule has 1 heterocycles. The highest BCUT2D eigenvalue weighted by molar-refractivity contribution is 6.31. The van der Waals surface area contributed by atoms with Crippen LogP contribution in [0.3, 0.4) is 0 Å². The van der Waals surface area contributed by atoms with E-state index in [2.05, 4.69) is 29.5 Å². The lowest BCUT2D eigenvalue weighted by atomic mass is 10.0. The van der Waals surface area contributed by atoms with E-state index in [-0.39, 0.29) is 6.04 Å². The topological polar surface area (TPSA) is 29.9 Å². The van der Waals surface area contributed by atoms with Crippen molar-refractivity contribution in [2.45, 2.75) is 19.5 Å². The van der Waals surface area contributed by atoms with Gasteiger partial charge in [0.15, 0.2) is 0 Å². The molecule has 1 aromatic carbocycles. The van der Waals surface area contributed by atoms with Crippen LogP contribution >= 0.6 is 11.6 Å². The van der Waals surface area contributed by atoms with Crippen LogP contribution in [0.25, 0.3) is 0 Å². The summed E-state index contributed by atoms with van der Waals surface area (Å²) in [5.41, 5.74) is 2.20. The lowest BCUT2D eigenvalue weighted by molar-refractivity contribution is 0.563. The fraction of sp³-hybridized carbons (Fsp3) is 0.308. The van der Waals surface area contributed by atoms with Crippen LogP contribution in [-0.2, 0) is 6.54 Å². The van der Waals surface area contributed by atoms with E-state index in [1.54, 1.807) is 6.20 Å². The maximum Gasteiger partial charge on any atom is 0.0837 e. The van der Waals surface area contributed by atoms with E-state index in [9.17, 15) is 0 Å². The zero-order valence-electron chi connectivity index (χ0n) is 10.0. The van der Waals surface area contributed by atoms with Crippen LogP contribution in [0.4, 0.5) is 0 Å². The molecule has 0 bridgehead atoms. The molecule has 0 fully saturated rings. The molecule has 0 spiro atoms. The molecule has 0 amide bonds. The quantitative estimate of drug-likeness (QED) is 0.903. The third-order valence-electron chi connectivity index (χ3n) is 2.83. The number of aromatic nitrogens is 2. The van der Waals surface area contributed by atoms with Crippen LogP contribution in [0.1, 0.15) is 24.2 Å². The molecule has 0 saturated heterocycles. The van der Waals surface area contributed by atoms with Gasteiger partial charge in [-0.2, -0.15) is 5.10 Å². The summed E-state index contributed by atoms with van der Waals surface area (Å²) < 4.78 is 1.93. The summed E-state index contributed by atoms with van der Waals surface area (Å²) in [6.45, 7) is 2.87. The molecule has 1 aromatic heterocycles. The SMILES string of the molecule is CCn1ncc(Cl)c1C(NC)c1ccccc1. The van der Waals surface area contributed by atoms with Gasteiger partial charge in [-0.1, -0.05) is 41.9 Å². The van der Waals surface area contributed by atoms with Gasteiger partial charge in [-0.25, -0.2) is 0 Å². The van der Waals surface area contributed by atoms with Gasteiger partial charge < -0.3 is 5.32 Å². The Labute approximate surface area is 106 Å². The first-order valence-electron chi connectivity index (χ1n) is 5.71. The Bertz CT molecular complexity index is 479. The van der Waals surface area contributed by atoms with E-state index in [1.165, 1.54) is 5.56 Å². The van der Waals surface area contributed by atoms with Crippen molar-refractivity contribution in [3.8, 4) is 0 Å². The number of benzene rings is 1. The average Bonchev–Trinajstić information content (AvgIpc) is 2.74. The fourth-order valence-corrected chi connectivity index (χ4v) is 2.27. The van der Waals surface area contributed by atoms with E-state index < -0.39 is 0 Å². The van der Waals surface area contributed by atoms with Crippen LogP contribution in [0.15, 0.2) is 36.5 Å². The first kappa shape index (κ1) is 12.1. The molecule has 2 aromatic rings. The number of aryl methyl sites for hydroxylation is 1. The molecule has 0 aliphatic heterocycles. The molecule has 0 saturated carbocycles. The van der Waals surface area contributed by atoms with Gasteiger partial charge in [-0.15, -0.1) is 0 Å². The first-order valence-corrected chi connectivity index (χ1v) is 6.09. The minimum absolute atomic E-state index is 0.0751. The van der Waals surface area contributed by atoms with E-state index in [1.807, 2.05) is 29.9 Å². The van der Waals surface area contributed by atoms with Crippen molar-refractivity contribution >= 4 is 11.6 Å². The monoisotopic (exact) mass is 249 g/mol. The minimum atomic E-state index is 0.0751. The molecule has 90 valence electrons. The molecule has 0 aliphatic carbocycles. The molecule has 0 aliphatic rings. The Morgan fingerprint density at radius 3 is 2.65 bits per heavy atom. The smallest absolute Gasteiger partial charge is 0.0837 e. The van der Waals surface area contributed by atoms with Crippen LogP contribution in [0.2, 0.25) is 5.02 Å². The van der Waals surface area contributed by atoms with Crippen molar-refractivity contribution in [2.75, 3.05) is 7.05 Å². The van der Waals surface area contributed by atoms with E-state index >= 15 is 0 Å². The Balaban J connectivity index is 2.45.